The molecule has 0 aromatic heterocycles. The molecule has 0 heterocycles. The average Bonchev–Trinajstić information content (AvgIpc) is 2.61. The van der Waals surface area contributed by atoms with E-state index >= 15 is 0 Å². The topological polar surface area (TPSA) is 71.4 Å². The first-order valence-electron chi connectivity index (χ1n) is 7.48. The minimum Gasteiger partial charge on any atom is -0.495 e. The molecule has 1 unspecified atom stereocenters. The number of nitrogens with one attached hydrogen (secondary N) is 1. The van der Waals surface area contributed by atoms with Gasteiger partial charge in [0.25, 0.3) is 0 Å². The van der Waals surface area contributed by atoms with Gasteiger partial charge < -0.3 is 14.8 Å². The van der Waals surface area contributed by atoms with E-state index in [-0.39, 0.29) is 12.2 Å². The molecular formula is C18H16Cl2N2O3. The van der Waals surface area contributed by atoms with E-state index in [1.807, 2.05) is 0 Å². The molecule has 0 amide bonds. The lowest BCUT2D eigenvalue weighted by molar-refractivity contribution is -0.134. The Morgan fingerprint density at radius 1 is 1.24 bits per heavy atom. The fraction of sp³-hybridized carbons (Fsp3) is 0.222. The Bertz CT molecular complexity index is 818. The maximum absolute atomic E-state index is 11.6. The SMILES string of the molecule is CCC(=O)Oc1ccc(Cl)cc1C(C#N)Nc1ccc(OC)c(Cl)c1. The van der Waals surface area contributed by atoms with E-state index in [0.717, 1.165) is 0 Å². The largest absolute Gasteiger partial charge is 0.495 e. The molecule has 5 nitrogen and oxygen atoms in total. The van der Waals surface area contributed by atoms with Crippen molar-refractivity contribution in [2.75, 3.05) is 12.4 Å². The van der Waals surface area contributed by atoms with Gasteiger partial charge in [-0.05, 0) is 36.4 Å². The summed E-state index contributed by atoms with van der Waals surface area (Å²) < 4.78 is 10.4. The zero-order chi connectivity index (χ0) is 18.4. The molecule has 0 aliphatic heterocycles. The fourth-order valence-corrected chi connectivity index (χ4v) is 2.57. The Labute approximate surface area is 156 Å². The van der Waals surface area contributed by atoms with Gasteiger partial charge in [0.05, 0.1) is 18.2 Å². The van der Waals surface area contributed by atoms with Crippen molar-refractivity contribution < 1.29 is 14.3 Å². The maximum Gasteiger partial charge on any atom is 0.310 e. The maximum atomic E-state index is 11.6. The van der Waals surface area contributed by atoms with Gasteiger partial charge in [0.15, 0.2) is 0 Å². The van der Waals surface area contributed by atoms with E-state index in [1.54, 1.807) is 43.3 Å². The van der Waals surface area contributed by atoms with Crippen molar-refractivity contribution in [2.45, 2.75) is 19.4 Å². The molecule has 7 heteroatoms. The van der Waals surface area contributed by atoms with Gasteiger partial charge in [0, 0.05) is 22.7 Å². The summed E-state index contributed by atoms with van der Waals surface area (Å²) in [6.07, 6.45) is 0.223. The van der Waals surface area contributed by atoms with Crippen LogP contribution in [0.25, 0.3) is 0 Å². The molecule has 2 rings (SSSR count). The van der Waals surface area contributed by atoms with E-state index in [1.165, 1.54) is 7.11 Å². The van der Waals surface area contributed by atoms with Crippen molar-refractivity contribution in [3.63, 3.8) is 0 Å². The number of hydrogen-bond acceptors (Lipinski definition) is 5. The summed E-state index contributed by atoms with van der Waals surface area (Å²) in [5.41, 5.74) is 1.08. The predicted molar refractivity (Wildman–Crippen MR) is 97.4 cm³/mol. The van der Waals surface area contributed by atoms with Crippen LogP contribution >= 0.6 is 23.2 Å². The lowest BCUT2D eigenvalue weighted by atomic mass is 10.1. The quantitative estimate of drug-likeness (QED) is 0.565. The first kappa shape index (κ1) is 18.9. The lowest BCUT2D eigenvalue weighted by Gasteiger charge is -2.17. The van der Waals surface area contributed by atoms with Crippen molar-refractivity contribution >= 4 is 34.9 Å². The monoisotopic (exact) mass is 378 g/mol. The normalized spacial score (nSPS) is 11.3. The van der Waals surface area contributed by atoms with Gasteiger partial charge in [-0.25, -0.2) is 0 Å². The van der Waals surface area contributed by atoms with Crippen LogP contribution in [0.2, 0.25) is 10.0 Å². The number of carbonyl (C=O) groups excluding carboxylic acids is 1. The van der Waals surface area contributed by atoms with Crippen molar-refractivity contribution in [3.8, 4) is 17.6 Å². The molecule has 0 saturated carbocycles. The van der Waals surface area contributed by atoms with E-state index in [2.05, 4.69) is 11.4 Å². The fourth-order valence-electron chi connectivity index (χ4n) is 2.14. The van der Waals surface area contributed by atoms with Gasteiger partial charge in [-0.3, -0.25) is 4.79 Å². The van der Waals surface area contributed by atoms with Crippen molar-refractivity contribution in [1.82, 2.24) is 0 Å². The first-order chi connectivity index (χ1) is 12.0. The molecule has 0 saturated heterocycles. The molecule has 1 N–H and O–H groups in total. The number of methoxy groups -OCH3 is 1. The van der Waals surface area contributed by atoms with Crippen LogP contribution in [0, 0.1) is 11.3 Å². The molecule has 2 aromatic rings. The van der Waals surface area contributed by atoms with E-state index < -0.39 is 12.0 Å². The molecular weight excluding hydrogens is 363 g/mol. The van der Waals surface area contributed by atoms with Crippen LogP contribution in [0.1, 0.15) is 24.9 Å². The summed E-state index contributed by atoms with van der Waals surface area (Å²) >= 11 is 12.1. The zero-order valence-electron chi connectivity index (χ0n) is 13.7. The zero-order valence-corrected chi connectivity index (χ0v) is 15.2. The second kappa shape index (κ2) is 8.61. The molecule has 25 heavy (non-hydrogen) atoms. The molecule has 0 aliphatic carbocycles. The minimum atomic E-state index is -0.789. The highest BCUT2D eigenvalue weighted by Gasteiger charge is 2.19. The molecule has 0 aliphatic rings. The van der Waals surface area contributed by atoms with Crippen LogP contribution < -0.4 is 14.8 Å². The number of rotatable bonds is 6. The summed E-state index contributed by atoms with van der Waals surface area (Å²) in [7, 11) is 1.52. The van der Waals surface area contributed by atoms with Crippen molar-refractivity contribution in [2.24, 2.45) is 0 Å². The summed E-state index contributed by atoms with van der Waals surface area (Å²) in [5.74, 6) is 0.420. The van der Waals surface area contributed by atoms with Gasteiger partial charge in [-0.1, -0.05) is 30.1 Å². The van der Waals surface area contributed by atoms with Crippen LogP contribution in [0.15, 0.2) is 36.4 Å². The molecule has 130 valence electrons. The van der Waals surface area contributed by atoms with Gasteiger partial charge in [0.1, 0.15) is 17.5 Å². The highest BCUT2D eigenvalue weighted by Crippen LogP contribution is 2.33. The van der Waals surface area contributed by atoms with Gasteiger partial charge in [-0.15, -0.1) is 0 Å². The number of halogens is 2. The lowest BCUT2D eigenvalue weighted by Crippen LogP contribution is -2.13. The number of carbonyl (C=O) groups is 1. The third-order valence-electron chi connectivity index (χ3n) is 3.39. The molecule has 0 spiro atoms. The van der Waals surface area contributed by atoms with Crippen molar-refractivity contribution in [3.05, 3.63) is 52.0 Å². The smallest absolute Gasteiger partial charge is 0.310 e. The summed E-state index contributed by atoms with van der Waals surface area (Å²) in [6, 6.07) is 11.2. The molecule has 0 bridgehead atoms. The highest BCUT2D eigenvalue weighted by molar-refractivity contribution is 6.32. The number of hydrogen-bond donors (Lipinski definition) is 1. The van der Waals surface area contributed by atoms with Gasteiger partial charge in [-0.2, -0.15) is 5.26 Å². The first-order valence-corrected chi connectivity index (χ1v) is 8.23. The Kier molecular flexibility index (Phi) is 6.51. The minimum absolute atomic E-state index is 0.223. The Morgan fingerprint density at radius 2 is 1.96 bits per heavy atom. The number of nitrogens with zero attached hydrogens (tertiary/aromatic N) is 1. The van der Waals surface area contributed by atoms with Crippen LogP contribution in [-0.4, -0.2) is 13.1 Å². The third kappa shape index (κ3) is 4.79. The summed E-state index contributed by atoms with van der Waals surface area (Å²) in [4.78, 5) is 11.6. The number of benzene rings is 2. The predicted octanol–water partition coefficient (Wildman–Crippen LogP) is 4.99. The van der Waals surface area contributed by atoms with E-state index in [0.29, 0.717) is 27.0 Å². The van der Waals surface area contributed by atoms with Crippen LogP contribution in [0.5, 0.6) is 11.5 Å². The van der Waals surface area contributed by atoms with Gasteiger partial charge in [0.2, 0.25) is 0 Å². The second-order valence-corrected chi connectivity index (χ2v) is 5.91. The third-order valence-corrected chi connectivity index (χ3v) is 3.92. The molecule has 0 fully saturated rings. The Morgan fingerprint density at radius 3 is 2.56 bits per heavy atom. The van der Waals surface area contributed by atoms with Gasteiger partial charge >= 0.3 is 5.97 Å². The number of ether oxygens (including phenoxy) is 2. The molecule has 2 aromatic carbocycles. The Balaban J connectivity index is 2.34. The van der Waals surface area contributed by atoms with Crippen LogP contribution in [0.3, 0.4) is 0 Å². The number of esters is 1. The van der Waals surface area contributed by atoms with E-state index in [4.69, 9.17) is 32.7 Å². The number of nitriles is 1. The Hall–Kier alpha value is -2.42. The highest BCUT2D eigenvalue weighted by atomic mass is 35.5. The molecule has 1 atom stereocenters. The summed E-state index contributed by atoms with van der Waals surface area (Å²) in [6.45, 7) is 1.69. The second-order valence-electron chi connectivity index (χ2n) is 5.07. The van der Waals surface area contributed by atoms with Crippen LogP contribution in [-0.2, 0) is 4.79 Å². The summed E-state index contributed by atoms with van der Waals surface area (Å²) in [5, 5.41) is 13.5. The number of anilines is 1. The van der Waals surface area contributed by atoms with Crippen molar-refractivity contribution in [1.29, 1.82) is 5.26 Å². The standard InChI is InChI=1S/C18H16Cl2N2O3/c1-3-18(23)25-16-6-4-11(19)8-13(16)15(10-21)22-12-5-7-17(24-2)14(20)9-12/h4-9,15,22H,3H2,1-2H3. The van der Waals surface area contributed by atoms with Crippen LogP contribution in [0.4, 0.5) is 5.69 Å². The average molecular weight is 379 g/mol. The molecule has 0 radical (unpaired) electrons. The van der Waals surface area contributed by atoms with E-state index in [9.17, 15) is 10.1 Å².